The summed E-state index contributed by atoms with van der Waals surface area (Å²) >= 11 is 0. The molecule has 0 N–H and O–H groups in total. The van der Waals surface area contributed by atoms with E-state index in [-0.39, 0.29) is 12.4 Å². The molecule has 0 spiro atoms. The molecule has 0 aliphatic carbocycles. The molecule has 0 aromatic heterocycles. The Hall–Kier alpha value is 0.720. The molecular formula is C12H30ClP. The van der Waals surface area contributed by atoms with Crippen LogP contribution in [0.4, 0.5) is 0 Å². The topological polar surface area (TPSA) is 0 Å². The first-order chi connectivity index (χ1) is 6.24. The second kappa shape index (κ2) is 10.2. The summed E-state index contributed by atoms with van der Waals surface area (Å²) in [5.74, 6) is 0. The number of hydrogen-bond acceptors (Lipinski definition) is 0. The molecule has 2 heteroatoms. The quantitative estimate of drug-likeness (QED) is 0.535. The van der Waals surface area contributed by atoms with Crippen molar-refractivity contribution in [2.75, 3.05) is 24.6 Å². The first kappa shape index (κ1) is 17.1. The van der Waals surface area contributed by atoms with E-state index in [9.17, 15) is 0 Å². The van der Waals surface area contributed by atoms with Crippen molar-refractivity contribution in [3.8, 4) is 0 Å². The van der Waals surface area contributed by atoms with Gasteiger partial charge in [-0.25, -0.2) is 0 Å². The maximum atomic E-state index is 2.36. The van der Waals surface area contributed by atoms with E-state index in [4.69, 9.17) is 0 Å². The van der Waals surface area contributed by atoms with Gasteiger partial charge in [0.05, 0.1) is 0 Å². The largest absolute Gasteiger partial charge is 0.147 e. The van der Waals surface area contributed by atoms with Crippen molar-refractivity contribution in [1.29, 1.82) is 0 Å². The third-order valence-corrected chi connectivity index (χ3v) is 9.36. The molecule has 0 rings (SSSR count). The smallest absolute Gasteiger partial charge is 0.147 e. The van der Waals surface area contributed by atoms with Gasteiger partial charge in [-0.1, -0.05) is 0 Å². The molecule has 0 atom stereocenters. The van der Waals surface area contributed by atoms with E-state index in [0.29, 0.717) is 0 Å². The van der Waals surface area contributed by atoms with Gasteiger partial charge >= 0.3 is 85.3 Å². The summed E-state index contributed by atoms with van der Waals surface area (Å²) in [6.45, 7) is 9.46. The van der Waals surface area contributed by atoms with Crippen LogP contribution in [0.15, 0.2) is 0 Å². The molecule has 0 aromatic rings. The molecule has 0 unspecified atom stereocenters. The molecular weight excluding hydrogens is 211 g/mol. The third kappa shape index (κ3) is 6.25. The van der Waals surface area contributed by atoms with Crippen LogP contribution in [0.2, 0.25) is 0 Å². The molecule has 0 bridgehead atoms. The minimum Gasteiger partial charge on any atom is -0.147 e. The van der Waals surface area contributed by atoms with Crippen molar-refractivity contribution >= 4 is 19.7 Å². The van der Waals surface area contributed by atoms with Gasteiger partial charge in [-0.05, 0) is 0 Å². The monoisotopic (exact) mass is 240 g/mol. The minimum absolute atomic E-state index is 0. The molecule has 0 saturated heterocycles. The molecule has 14 heavy (non-hydrogen) atoms. The van der Waals surface area contributed by atoms with Crippen molar-refractivity contribution in [3.05, 3.63) is 0 Å². The minimum atomic E-state index is -0.796. The summed E-state index contributed by atoms with van der Waals surface area (Å²) < 4.78 is 0. The molecule has 0 saturated carbocycles. The van der Waals surface area contributed by atoms with Gasteiger partial charge in [-0.2, -0.15) is 0 Å². The Labute approximate surface area is 98.0 Å². The first-order valence-corrected chi connectivity index (χ1v) is 9.07. The Kier molecular flexibility index (Phi) is 12.5. The van der Waals surface area contributed by atoms with Crippen LogP contribution in [-0.2, 0) is 0 Å². The molecule has 0 nitrogen and oxygen atoms in total. The zero-order valence-electron chi connectivity index (χ0n) is 10.6. The zero-order valence-corrected chi connectivity index (χ0v) is 12.4. The van der Waals surface area contributed by atoms with Crippen molar-refractivity contribution in [3.63, 3.8) is 0 Å². The van der Waals surface area contributed by atoms with Gasteiger partial charge in [0.15, 0.2) is 0 Å². The zero-order chi connectivity index (χ0) is 10.2. The average Bonchev–Trinajstić information content (AvgIpc) is 2.06. The molecule has 0 heterocycles. The molecule has 0 fully saturated rings. The van der Waals surface area contributed by atoms with E-state index in [0.717, 1.165) is 0 Å². The summed E-state index contributed by atoms with van der Waals surface area (Å²) in [6.07, 6.45) is 12.0. The maximum Gasteiger partial charge on any atom is -0.147 e. The van der Waals surface area contributed by atoms with Crippen LogP contribution in [0, 0.1) is 0 Å². The van der Waals surface area contributed by atoms with Crippen LogP contribution in [0.5, 0.6) is 0 Å². The molecule has 0 aliphatic rings. The molecule has 0 aliphatic heterocycles. The van der Waals surface area contributed by atoms with Gasteiger partial charge in [0.1, 0.15) is 0 Å². The fourth-order valence-corrected chi connectivity index (χ4v) is 8.61. The van der Waals surface area contributed by atoms with Gasteiger partial charge in [0, 0.05) is 0 Å². The van der Waals surface area contributed by atoms with E-state index in [1.807, 2.05) is 0 Å². The predicted octanol–water partition coefficient (Wildman–Crippen LogP) is 4.80. The van der Waals surface area contributed by atoms with E-state index >= 15 is 0 Å². The van der Waals surface area contributed by atoms with Crippen LogP contribution >= 0.6 is 19.7 Å². The molecule has 0 amide bonds. The van der Waals surface area contributed by atoms with Gasteiger partial charge in [0.25, 0.3) is 0 Å². The van der Waals surface area contributed by atoms with Crippen molar-refractivity contribution in [1.82, 2.24) is 0 Å². The fraction of sp³-hybridized carbons (Fsp3) is 1.00. The number of rotatable bonds is 8. The Morgan fingerprint density at radius 3 is 0.929 bits per heavy atom. The maximum absolute atomic E-state index is 2.36. The third-order valence-electron chi connectivity index (χ3n) is 3.12. The van der Waals surface area contributed by atoms with Crippen molar-refractivity contribution < 1.29 is 0 Å². The van der Waals surface area contributed by atoms with Gasteiger partial charge in [-0.3, -0.25) is 0 Å². The average molecular weight is 241 g/mol. The van der Waals surface area contributed by atoms with E-state index < -0.39 is 7.26 Å². The van der Waals surface area contributed by atoms with E-state index in [2.05, 4.69) is 27.7 Å². The summed E-state index contributed by atoms with van der Waals surface area (Å²) in [4.78, 5) is 0. The Morgan fingerprint density at radius 1 is 0.571 bits per heavy atom. The van der Waals surface area contributed by atoms with Gasteiger partial charge in [0.2, 0.25) is 0 Å². The fourth-order valence-electron chi connectivity index (χ4n) is 2.87. The van der Waals surface area contributed by atoms with Crippen LogP contribution < -0.4 is 0 Å². The molecule has 0 aromatic carbocycles. The first-order valence-electron chi connectivity index (χ1n) is 6.24. The number of hydrogen-bond donors (Lipinski definition) is 0. The molecule has 90 valence electrons. The van der Waals surface area contributed by atoms with Gasteiger partial charge in [-0.15, -0.1) is 12.4 Å². The van der Waals surface area contributed by atoms with E-state index in [1.165, 1.54) is 25.7 Å². The Balaban J connectivity index is 0. The summed E-state index contributed by atoms with van der Waals surface area (Å²) in [5.41, 5.74) is 0. The standard InChI is InChI=1S/C12H29P.ClH/c1-5-9-13(10-6-2,11-7-3)12-8-4;/h13H,5-12H2,1-4H3;1H. The SMILES string of the molecule is CCC[PH](CCC)(CCC)CCC.Cl. The van der Waals surface area contributed by atoms with Crippen molar-refractivity contribution in [2.45, 2.75) is 53.4 Å². The second-order valence-electron chi connectivity index (χ2n) is 4.50. The van der Waals surface area contributed by atoms with Crippen LogP contribution in [-0.4, -0.2) is 24.6 Å². The van der Waals surface area contributed by atoms with Crippen LogP contribution in [0.3, 0.4) is 0 Å². The summed E-state index contributed by atoms with van der Waals surface area (Å²) in [5, 5.41) is 0. The summed E-state index contributed by atoms with van der Waals surface area (Å²) in [7, 11) is -0.796. The summed E-state index contributed by atoms with van der Waals surface area (Å²) in [6, 6.07) is 0. The van der Waals surface area contributed by atoms with Crippen LogP contribution in [0.1, 0.15) is 53.4 Å². The van der Waals surface area contributed by atoms with E-state index in [1.54, 1.807) is 24.6 Å². The predicted molar refractivity (Wildman–Crippen MR) is 76.2 cm³/mol. The van der Waals surface area contributed by atoms with Crippen LogP contribution in [0.25, 0.3) is 0 Å². The Bertz CT molecular complexity index is 85.4. The second-order valence-corrected chi connectivity index (χ2v) is 9.50. The normalized spacial score (nSPS) is 12.3. The molecule has 0 radical (unpaired) electrons. The van der Waals surface area contributed by atoms with Crippen molar-refractivity contribution in [2.24, 2.45) is 0 Å². The Morgan fingerprint density at radius 2 is 0.786 bits per heavy atom. The van der Waals surface area contributed by atoms with Gasteiger partial charge < -0.3 is 0 Å². The number of halogens is 1.